The van der Waals surface area contributed by atoms with Gasteiger partial charge < -0.3 is 20.5 Å². The first-order valence-electron chi connectivity index (χ1n) is 16.3. The molecule has 1 saturated heterocycles. The van der Waals surface area contributed by atoms with Crippen molar-refractivity contribution in [1.82, 2.24) is 9.62 Å². The Hall–Kier alpha value is -4.31. The first-order chi connectivity index (χ1) is 24.4. The highest BCUT2D eigenvalue weighted by atomic mass is 35.5. The van der Waals surface area contributed by atoms with Crippen molar-refractivity contribution in [1.29, 1.82) is 0 Å². The number of halogens is 6. The molecule has 0 unspecified atom stereocenters. The number of carbonyl (C=O) groups is 2. The normalized spacial score (nSPS) is 17.4. The number of carboxylic acid groups (broad SMARTS) is 1. The molecule has 0 spiro atoms. The van der Waals surface area contributed by atoms with Crippen molar-refractivity contribution in [2.24, 2.45) is 5.73 Å². The van der Waals surface area contributed by atoms with Gasteiger partial charge in [0.25, 0.3) is 5.92 Å². The molecule has 1 aliphatic heterocycles. The number of likely N-dealkylation sites (tertiary alicyclic amines) is 1. The van der Waals surface area contributed by atoms with Gasteiger partial charge in [-0.1, -0.05) is 60.1 Å². The highest BCUT2D eigenvalue weighted by Crippen LogP contribution is 2.36. The van der Waals surface area contributed by atoms with Crippen LogP contribution >= 0.6 is 11.6 Å². The third kappa shape index (κ3) is 9.37. The molecule has 0 aromatic heterocycles. The summed E-state index contributed by atoms with van der Waals surface area (Å²) < 4.78 is 99.7. The average molecular weight is 768 g/mol. The molecule has 4 N–H and O–H groups in total. The maximum Gasteiger partial charge on any atom is 0.490 e. The summed E-state index contributed by atoms with van der Waals surface area (Å²) in [5.74, 6) is -6.99. The number of fused-ring (bicyclic) bond motifs is 1. The van der Waals surface area contributed by atoms with Gasteiger partial charge in [0.1, 0.15) is 5.75 Å². The molecule has 16 heteroatoms. The Morgan fingerprint density at radius 3 is 1.98 bits per heavy atom. The van der Waals surface area contributed by atoms with Gasteiger partial charge >= 0.3 is 12.1 Å². The van der Waals surface area contributed by atoms with Crippen molar-refractivity contribution in [2.75, 3.05) is 13.1 Å². The van der Waals surface area contributed by atoms with Gasteiger partial charge in [0.05, 0.1) is 11.0 Å². The minimum Gasteiger partial charge on any atom is -0.490 e. The van der Waals surface area contributed by atoms with Crippen molar-refractivity contribution in [3.05, 3.63) is 95.5 Å². The lowest BCUT2D eigenvalue weighted by Crippen LogP contribution is -2.56. The van der Waals surface area contributed by atoms with Crippen LogP contribution in [0, 0.1) is 0 Å². The summed E-state index contributed by atoms with van der Waals surface area (Å²) in [7, 11) is -4.57. The number of carboxylic acids is 1. The van der Waals surface area contributed by atoms with E-state index in [1.807, 2.05) is 6.07 Å². The van der Waals surface area contributed by atoms with Crippen LogP contribution in [0.5, 0.6) is 5.75 Å². The maximum absolute atomic E-state index is 16.3. The van der Waals surface area contributed by atoms with Crippen molar-refractivity contribution in [3.63, 3.8) is 0 Å². The predicted molar refractivity (Wildman–Crippen MR) is 185 cm³/mol. The second-order valence-corrected chi connectivity index (χ2v) is 14.7. The van der Waals surface area contributed by atoms with Gasteiger partial charge in [0.15, 0.2) is 6.04 Å². The number of benzene rings is 4. The molecule has 1 heterocycles. The molecule has 4 aromatic rings. The van der Waals surface area contributed by atoms with E-state index in [0.717, 1.165) is 36.6 Å². The van der Waals surface area contributed by atoms with Crippen LogP contribution in [0.4, 0.5) is 22.0 Å². The smallest absolute Gasteiger partial charge is 0.490 e. The number of alkyl halides is 5. The minimum absolute atomic E-state index is 0.0594. The summed E-state index contributed by atoms with van der Waals surface area (Å²) in [4.78, 5) is 23.4. The van der Waals surface area contributed by atoms with E-state index < -0.39 is 45.6 Å². The van der Waals surface area contributed by atoms with E-state index in [1.54, 1.807) is 42.5 Å². The van der Waals surface area contributed by atoms with Crippen LogP contribution in [0.25, 0.3) is 21.9 Å². The van der Waals surface area contributed by atoms with Crippen LogP contribution in [0.3, 0.4) is 0 Å². The van der Waals surface area contributed by atoms with Gasteiger partial charge in [0, 0.05) is 29.7 Å². The third-order valence-corrected chi connectivity index (χ3v) is 10.5. The molecule has 2 aliphatic rings. The zero-order chi connectivity index (χ0) is 37.8. The summed E-state index contributed by atoms with van der Waals surface area (Å²) in [5, 5.41) is 9.01. The van der Waals surface area contributed by atoms with Gasteiger partial charge in [-0.2, -0.15) is 26.7 Å². The van der Waals surface area contributed by atoms with E-state index in [1.165, 1.54) is 41.3 Å². The lowest BCUT2D eigenvalue weighted by Gasteiger charge is -2.30. The van der Waals surface area contributed by atoms with E-state index in [9.17, 15) is 26.4 Å². The average Bonchev–Trinajstić information content (AvgIpc) is 3.78. The van der Waals surface area contributed by atoms with Gasteiger partial charge in [0.2, 0.25) is 15.9 Å². The highest BCUT2D eigenvalue weighted by molar-refractivity contribution is 7.89. The number of hydrogen-bond acceptors (Lipinski definition) is 6. The number of nitrogens with two attached hydrogens (primary N) is 1. The Morgan fingerprint density at radius 1 is 0.865 bits per heavy atom. The molecule has 0 radical (unpaired) electrons. The van der Waals surface area contributed by atoms with E-state index >= 15 is 8.78 Å². The molecular formula is C36H35ClF5N3O6S. The number of rotatable bonds is 9. The van der Waals surface area contributed by atoms with Gasteiger partial charge in [-0.25, -0.2) is 13.2 Å². The van der Waals surface area contributed by atoms with Gasteiger partial charge in [-0.05, 0) is 90.4 Å². The van der Waals surface area contributed by atoms with E-state index in [2.05, 4.69) is 4.72 Å². The predicted octanol–water partition coefficient (Wildman–Crippen LogP) is 7.11. The molecule has 4 aromatic carbocycles. The van der Waals surface area contributed by atoms with Crippen molar-refractivity contribution < 1.29 is 49.8 Å². The fourth-order valence-electron chi connectivity index (χ4n) is 6.01. The standard InChI is InChI=1S/C34H34ClF2N3O4S.C2HF3O2/c35-27-13-7-23(8-14-27)22-5-11-26(12-6-22)34(36,37)32(33(41)40-18-17-28(38)21-40)39-45(42,43)31-16-10-24-19-30(15-9-25(24)20-31)44-29-3-1-2-4-29;3-2(4,5)1(6)7/h5-16,19-20,28-29,32,39H,1-4,17-18,21,38H2;(H,6,7)/t28-,32+;/m1./s1. The maximum atomic E-state index is 16.3. The number of carbonyl (C=O) groups excluding carboxylic acids is 1. The lowest BCUT2D eigenvalue weighted by molar-refractivity contribution is -0.192. The monoisotopic (exact) mass is 767 g/mol. The highest BCUT2D eigenvalue weighted by Gasteiger charge is 2.50. The Bertz CT molecular complexity index is 2010. The fourth-order valence-corrected chi connectivity index (χ4v) is 7.36. The zero-order valence-electron chi connectivity index (χ0n) is 27.5. The summed E-state index contributed by atoms with van der Waals surface area (Å²) in [6, 6.07) is 19.3. The van der Waals surface area contributed by atoms with Crippen LogP contribution in [-0.2, 0) is 25.5 Å². The second kappa shape index (κ2) is 15.7. The first-order valence-corrected chi connectivity index (χ1v) is 18.1. The van der Waals surface area contributed by atoms with Crippen molar-refractivity contribution >= 4 is 44.3 Å². The summed E-state index contributed by atoms with van der Waals surface area (Å²) >= 11 is 5.97. The Morgan fingerprint density at radius 2 is 1.42 bits per heavy atom. The number of nitrogens with zero attached hydrogens (tertiary/aromatic N) is 1. The fraction of sp³-hybridized carbons (Fsp3) is 0.333. The summed E-state index contributed by atoms with van der Waals surface area (Å²) in [6.07, 6.45) is -0.212. The van der Waals surface area contributed by atoms with Gasteiger partial charge in [-0.15, -0.1) is 0 Å². The molecule has 1 amide bonds. The number of sulfonamides is 1. The van der Waals surface area contributed by atoms with Crippen molar-refractivity contribution in [3.8, 4) is 16.9 Å². The molecule has 1 saturated carbocycles. The number of aliphatic carboxylic acids is 1. The zero-order valence-corrected chi connectivity index (χ0v) is 29.0. The van der Waals surface area contributed by atoms with E-state index in [0.29, 0.717) is 28.1 Å². The topological polar surface area (TPSA) is 139 Å². The largest absolute Gasteiger partial charge is 0.490 e. The van der Waals surface area contributed by atoms with Crippen LogP contribution in [-0.4, -0.2) is 67.8 Å². The molecule has 1 aliphatic carbocycles. The summed E-state index contributed by atoms with van der Waals surface area (Å²) in [5.41, 5.74) is 6.88. The summed E-state index contributed by atoms with van der Waals surface area (Å²) in [6.45, 7) is 0.217. The van der Waals surface area contributed by atoms with Crippen LogP contribution < -0.4 is 15.2 Å². The minimum atomic E-state index is -5.08. The number of hydrogen-bond donors (Lipinski definition) is 3. The Labute approximate surface area is 301 Å². The van der Waals surface area contributed by atoms with Crippen LogP contribution in [0.2, 0.25) is 5.02 Å². The number of ether oxygens (including phenoxy) is 1. The molecule has 6 rings (SSSR count). The number of amides is 1. The van der Waals surface area contributed by atoms with E-state index in [4.69, 9.17) is 32.0 Å². The molecular weight excluding hydrogens is 733 g/mol. The Balaban J connectivity index is 0.000000679. The SMILES string of the molecule is N[C@@H]1CCN(C(=O)[C@H](NS(=O)(=O)c2ccc3cc(OC4CCCC4)ccc3c2)C(F)(F)c2ccc(-c3ccc(Cl)cc3)cc2)C1.O=C(O)C(F)(F)F. The molecule has 0 bridgehead atoms. The lowest BCUT2D eigenvalue weighted by atomic mass is 9.97. The van der Waals surface area contributed by atoms with Crippen molar-refractivity contribution in [2.45, 2.75) is 67.3 Å². The molecule has 9 nitrogen and oxygen atoms in total. The molecule has 52 heavy (non-hydrogen) atoms. The van der Waals surface area contributed by atoms with Crippen LogP contribution in [0.1, 0.15) is 37.7 Å². The molecule has 278 valence electrons. The second-order valence-electron chi connectivity index (χ2n) is 12.6. The number of nitrogens with one attached hydrogen (secondary N) is 1. The molecule has 2 fully saturated rings. The Kier molecular flexibility index (Phi) is 11.8. The molecule has 2 atom stereocenters. The van der Waals surface area contributed by atoms with Crippen LogP contribution in [0.15, 0.2) is 89.8 Å². The first kappa shape index (κ1) is 38.9. The third-order valence-electron chi connectivity index (χ3n) is 8.81. The quantitative estimate of drug-likeness (QED) is 0.154. The van der Waals surface area contributed by atoms with Gasteiger partial charge in [-0.3, -0.25) is 4.79 Å². The van der Waals surface area contributed by atoms with E-state index in [-0.39, 0.29) is 30.1 Å².